The van der Waals surface area contributed by atoms with Gasteiger partial charge in [0.05, 0.1) is 6.61 Å². The Hall–Kier alpha value is -0.730. The molecule has 1 fully saturated rings. The lowest BCUT2D eigenvalue weighted by Gasteiger charge is -2.03. The lowest BCUT2D eigenvalue weighted by Crippen LogP contribution is -2.03. The van der Waals surface area contributed by atoms with Crippen molar-refractivity contribution < 1.29 is 9.47 Å². The second-order valence-electron chi connectivity index (χ2n) is 3.04. The molecule has 0 spiro atoms. The Balaban J connectivity index is 1.88. The fraction of sp³-hybridized carbons (Fsp3) is 0.400. The molecular weight excluding hydrogens is 188 g/mol. The molecule has 1 heterocycles. The van der Waals surface area contributed by atoms with Crippen LogP contribution >= 0.6 is 11.6 Å². The van der Waals surface area contributed by atoms with Crippen molar-refractivity contribution in [3.05, 3.63) is 29.8 Å². The van der Waals surface area contributed by atoms with Crippen molar-refractivity contribution in [2.45, 2.75) is 12.0 Å². The largest absolute Gasteiger partial charge is 0.491 e. The molecule has 0 aromatic heterocycles. The summed E-state index contributed by atoms with van der Waals surface area (Å²) in [4.78, 5) is 0. The van der Waals surface area contributed by atoms with E-state index in [2.05, 4.69) is 0 Å². The highest BCUT2D eigenvalue weighted by Gasteiger charge is 2.22. The Morgan fingerprint density at radius 2 is 2.08 bits per heavy atom. The van der Waals surface area contributed by atoms with Crippen LogP contribution in [-0.4, -0.2) is 19.3 Å². The second kappa shape index (κ2) is 3.99. The summed E-state index contributed by atoms with van der Waals surface area (Å²) in [5.74, 6) is 1.43. The van der Waals surface area contributed by atoms with Gasteiger partial charge in [-0.05, 0) is 17.7 Å². The second-order valence-corrected chi connectivity index (χ2v) is 3.31. The van der Waals surface area contributed by atoms with E-state index in [0.29, 0.717) is 18.6 Å². The number of hydrogen-bond donors (Lipinski definition) is 0. The molecule has 1 aromatic rings. The molecule has 2 nitrogen and oxygen atoms in total. The van der Waals surface area contributed by atoms with Crippen LogP contribution in [0.4, 0.5) is 0 Å². The molecule has 0 saturated carbocycles. The van der Waals surface area contributed by atoms with E-state index >= 15 is 0 Å². The summed E-state index contributed by atoms with van der Waals surface area (Å²) in [6.07, 6.45) is 0.313. The van der Waals surface area contributed by atoms with E-state index < -0.39 is 0 Å². The molecule has 0 radical (unpaired) electrons. The normalized spacial score (nSPS) is 19.9. The van der Waals surface area contributed by atoms with Gasteiger partial charge in [-0.15, -0.1) is 11.6 Å². The van der Waals surface area contributed by atoms with Gasteiger partial charge in [-0.3, -0.25) is 0 Å². The fourth-order valence-corrected chi connectivity index (χ4v) is 1.21. The van der Waals surface area contributed by atoms with Crippen molar-refractivity contribution in [1.82, 2.24) is 0 Å². The third-order valence-electron chi connectivity index (χ3n) is 1.92. The Morgan fingerprint density at radius 1 is 1.38 bits per heavy atom. The van der Waals surface area contributed by atoms with Crippen molar-refractivity contribution in [3.8, 4) is 5.75 Å². The molecule has 3 heteroatoms. The third-order valence-corrected chi connectivity index (χ3v) is 2.22. The van der Waals surface area contributed by atoms with Gasteiger partial charge in [0.15, 0.2) is 0 Å². The van der Waals surface area contributed by atoms with Gasteiger partial charge in [-0.25, -0.2) is 0 Å². The maximum absolute atomic E-state index is 5.66. The van der Waals surface area contributed by atoms with Crippen molar-refractivity contribution >= 4 is 11.6 Å². The average molecular weight is 199 g/mol. The zero-order valence-corrected chi connectivity index (χ0v) is 7.96. The number of halogens is 1. The van der Waals surface area contributed by atoms with E-state index in [0.717, 1.165) is 17.9 Å². The highest BCUT2D eigenvalue weighted by molar-refractivity contribution is 6.17. The Morgan fingerprint density at radius 3 is 2.62 bits per heavy atom. The lowest BCUT2D eigenvalue weighted by atomic mass is 10.2. The molecular formula is C10H11ClO2. The molecule has 1 unspecified atom stereocenters. The number of ether oxygens (including phenoxy) is 2. The standard InChI is InChI=1S/C10H11ClO2/c11-5-8-1-3-9(4-2-8)12-6-10-7-13-10/h1-4,10H,5-7H2. The number of alkyl halides is 1. The minimum atomic E-state index is 0.313. The first-order valence-electron chi connectivity index (χ1n) is 4.28. The van der Waals surface area contributed by atoms with Crippen LogP contribution in [0, 0.1) is 0 Å². The summed E-state index contributed by atoms with van der Waals surface area (Å²) < 4.78 is 10.5. The van der Waals surface area contributed by atoms with Gasteiger partial charge in [0.25, 0.3) is 0 Å². The predicted octanol–water partition coefficient (Wildman–Crippen LogP) is 2.20. The summed E-state index contributed by atoms with van der Waals surface area (Å²) in [5, 5.41) is 0. The van der Waals surface area contributed by atoms with Crippen molar-refractivity contribution in [2.75, 3.05) is 13.2 Å². The van der Waals surface area contributed by atoms with Crippen LogP contribution < -0.4 is 4.74 Å². The Labute approximate surface area is 82.4 Å². The van der Waals surface area contributed by atoms with Gasteiger partial charge in [-0.1, -0.05) is 12.1 Å². The zero-order valence-electron chi connectivity index (χ0n) is 7.20. The molecule has 1 aliphatic rings. The van der Waals surface area contributed by atoms with Crippen molar-refractivity contribution in [3.63, 3.8) is 0 Å². The molecule has 1 aromatic carbocycles. The summed E-state index contributed by atoms with van der Waals surface area (Å²) in [7, 11) is 0. The quantitative estimate of drug-likeness (QED) is 0.547. The van der Waals surface area contributed by atoms with Crippen LogP contribution in [0.3, 0.4) is 0 Å². The van der Waals surface area contributed by atoms with Crippen LogP contribution in [0.5, 0.6) is 5.75 Å². The van der Waals surface area contributed by atoms with E-state index in [9.17, 15) is 0 Å². The van der Waals surface area contributed by atoms with E-state index in [1.54, 1.807) is 0 Å². The van der Waals surface area contributed by atoms with Gasteiger partial charge in [0.1, 0.15) is 18.5 Å². The minimum absolute atomic E-state index is 0.313. The SMILES string of the molecule is ClCc1ccc(OCC2CO2)cc1. The topological polar surface area (TPSA) is 21.8 Å². The minimum Gasteiger partial charge on any atom is -0.491 e. The molecule has 1 saturated heterocycles. The number of epoxide rings is 1. The first-order chi connectivity index (χ1) is 6.38. The van der Waals surface area contributed by atoms with Crippen LogP contribution in [0.25, 0.3) is 0 Å². The molecule has 2 rings (SSSR count). The number of benzene rings is 1. The smallest absolute Gasteiger partial charge is 0.119 e. The zero-order chi connectivity index (χ0) is 9.10. The monoisotopic (exact) mass is 198 g/mol. The maximum atomic E-state index is 5.66. The first-order valence-corrected chi connectivity index (χ1v) is 4.81. The molecule has 0 bridgehead atoms. The molecule has 70 valence electrons. The first kappa shape index (κ1) is 8.85. The third kappa shape index (κ3) is 2.61. The summed E-state index contributed by atoms with van der Waals surface area (Å²) in [6.45, 7) is 1.49. The summed E-state index contributed by atoms with van der Waals surface area (Å²) in [6, 6.07) is 7.80. The van der Waals surface area contributed by atoms with Crippen LogP contribution in [0.1, 0.15) is 5.56 Å². The van der Waals surface area contributed by atoms with E-state index in [1.807, 2.05) is 24.3 Å². The summed E-state index contributed by atoms with van der Waals surface area (Å²) >= 11 is 5.66. The molecule has 1 aliphatic heterocycles. The van der Waals surface area contributed by atoms with Crippen molar-refractivity contribution in [1.29, 1.82) is 0 Å². The Bertz CT molecular complexity index is 267. The van der Waals surface area contributed by atoms with E-state index in [1.165, 1.54) is 0 Å². The average Bonchev–Trinajstić information content (AvgIpc) is 2.99. The van der Waals surface area contributed by atoms with Crippen LogP contribution in [0.2, 0.25) is 0 Å². The maximum Gasteiger partial charge on any atom is 0.119 e. The highest BCUT2D eigenvalue weighted by Crippen LogP contribution is 2.16. The summed E-state index contributed by atoms with van der Waals surface area (Å²) in [5.41, 5.74) is 1.11. The lowest BCUT2D eigenvalue weighted by molar-refractivity contribution is 0.263. The molecule has 0 N–H and O–H groups in total. The van der Waals surface area contributed by atoms with E-state index in [4.69, 9.17) is 21.1 Å². The number of rotatable bonds is 4. The fourth-order valence-electron chi connectivity index (χ4n) is 1.03. The van der Waals surface area contributed by atoms with Gasteiger partial charge in [0.2, 0.25) is 0 Å². The van der Waals surface area contributed by atoms with Crippen molar-refractivity contribution in [2.24, 2.45) is 0 Å². The van der Waals surface area contributed by atoms with Gasteiger partial charge >= 0.3 is 0 Å². The molecule has 0 aliphatic carbocycles. The molecule has 0 amide bonds. The molecule has 13 heavy (non-hydrogen) atoms. The van der Waals surface area contributed by atoms with Gasteiger partial charge in [0, 0.05) is 5.88 Å². The predicted molar refractivity (Wildman–Crippen MR) is 51.2 cm³/mol. The van der Waals surface area contributed by atoms with Crippen LogP contribution in [-0.2, 0) is 10.6 Å². The number of hydrogen-bond acceptors (Lipinski definition) is 2. The van der Waals surface area contributed by atoms with Gasteiger partial charge < -0.3 is 9.47 Å². The molecule has 1 atom stereocenters. The van der Waals surface area contributed by atoms with Crippen LogP contribution in [0.15, 0.2) is 24.3 Å². The highest BCUT2D eigenvalue weighted by atomic mass is 35.5. The van der Waals surface area contributed by atoms with E-state index in [-0.39, 0.29) is 0 Å². The van der Waals surface area contributed by atoms with Gasteiger partial charge in [-0.2, -0.15) is 0 Å². The Kier molecular flexibility index (Phi) is 2.71.